The van der Waals surface area contributed by atoms with Crippen molar-refractivity contribution >= 4 is 23.4 Å². The average molecular weight is 456 g/mol. The number of hydroxylamine groups is 1. The number of aliphatic hydroxyl groups is 1. The third-order valence-electron chi connectivity index (χ3n) is 4.40. The van der Waals surface area contributed by atoms with Crippen molar-refractivity contribution in [3.63, 3.8) is 0 Å². The van der Waals surface area contributed by atoms with E-state index in [4.69, 9.17) is 16.7 Å². The first-order valence-electron chi connectivity index (χ1n) is 9.66. The summed E-state index contributed by atoms with van der Waals surface area (Å²) in [6.45, 7) is 1.36. The lowest BCUT2D eigenvalue weighted by Gasteiger charge is -2.19. The molecule has 2 rings (SSSR count). The molecule has 0 aliphatic carbocycles. The maximum Gasteiger partial charge on any atom is 0.268 e. The third-order valence-corrected chi connectivity index (χ3v) is 4.40. The molecular formula is C23H29N5O5. The minimum absolute atomic E-state index is 0. The molecule has 0 saturated carbocycles. The van der Waals surface area contributed by atoms with E-state index in [1.165, 1.54) is 24.5 Å². The van der Waals surface area contributed by atoms with Crippen molar-refractivity contribution in [2.75, 3.05) is 11.9 Å². The first kappa shape index (κ1) is 27.3. The molecule has 0 spiro atoms. The van der Waals surface area contributed by atoms with E-state index < -0.39 is 30.0 Å². The summed E-state index contributed by atoms with van der Waals surface area (Å²) in [5.41, 5.74) is 14.5. The molecule has 0 fully saturated rings. The van der Waals surface area contributed by atoms with Crippen LogP contribution in [-0.4, -0.2) is 52.8 Å². The second-order valence-electron chi connectivity index (χ2n) is 6.90. The van der Waals surface area contributed by atoms with Gasteiger partial charge in [-0.25, -0.2) is 5.48 Å². The Morgan fingerprint density at radius 3 is 1.94 bits per heavy atom. The zero-order valence-electron chi connectivity index (χ0n) is 17.3. The van der Waals surface area contributed by atoms with Crippen LogP contribution in [0.5, 0.6) is 0 Å². The minimum atomic E-state index is -1.30. The second-order valence-corrected chi connectivity index (χ2v) is 6.90. The number of carbonyl (C=O) groups excluding carboxylic acids is 3. The predicted octanol–water partition coefficient (Wildman–Crippen LogP) is -0.0684. The van der Waals surface area contributed by atoms with Gasteiger partial charge in [0.1, 0.15) is 6.04 Å². The second kappa shape index (κ2) is 12.9. The SMILES string of the molecule is C.C[C@@H](O)[C@H](NC(=O)c1ccc(C#Cc2ccc(NC(=O)[C@@H](N)CN)cc2)cc1)C(=O)NO. The van der Waals surface area contributed by atoms with Crippen LogP contribution in [0.2, 0.25) is 0 Å². The maximum atomic E-state index is 12.3. The largest absolute Gasteiger partial charge is 0.391 e. The number of carbonyl (C=O) groups is 3. The number of amides is 3. The highest BCUT2D eigenvalue weighted by Crippen LogP contribution is 2.10. The molecule has 10 heteroatoms. The van der Waals surface area contributed by atoms with Crippen molar-refractivity contribution in [3.05, 3.63) is 65.2 Å². The molecule has 0 aliphatic heterocycles. The number of aliphatic hydroxyl groups excluding tert-OH is 1. The summed E-state index contributed by atoms with van der Waals surface area (Å²) < 4.78 is 0. The fraction of sp³-hybridized carbons (Fsp3) is 0.261. The molecule has 0 aliphatic rings. The van der Waals surface area contributed by atoms with Gasteiger partial charge in [-0.05, 0) is 55.5 Å². The van der Waals surface area contributed by atoms with E-state index in [0.717, 1.165) is 0 Å². The predicted molar refractivity (Wildman–Crippen MR) is 124 cm³/mol. The Labute approximate surface area is 192 Å². The molecule has 2 aromatic rings. The number of benzene rings is 2. The molecular weight excluding hydrogens is 426 g/mol. The van der Waals surface area contributed by atoms with Gasteiger partial charge in [0.2, 0.25) is 5.91 Å². The lowest BCUT2D eigenvalue weighted by atomic mass is 10.1. The van der Waals surface area contributed by atoms with E-state index in [-0.39, 0.29) is 25.4 Å². The summed E-state index contributed by atoms with van der Waals surface area (Å²) in [7, 11) is 0. The Morgan fingerprint density at radius 2 is 1.48 bits per heavy atom. The number of hydrogen-bond donors (Lipinski definition) is 7. The van der Waals surface area contributed by atoms with Crippen molar-refractivity contribution in [1.29, 1.82) is 0 Å². The van der Waals surface area contributed by atoms with Crippen LogP contribution in [0, 0.1) is 11.8 Å². The van der Waals surface area contributed by atoms with Gasteiger partial charge in [0.05, 0.1) is 12.1 Å². The molecule has 0 unspecified atom stereocenters. The normalized spacial score (nSPS) is 12.6. The number of rotatable bonds is 7. The van der Waals surface area contributed by atoms with Crippen molar-refractivity contribution in [3.8, 4) is 11.8 Å². The first-order valence-corrected chi connectivity index (χ1v) is 9.66. The summed E-state index contributed by atoms with van der Waals surface area (Å²) in [6, 6.07) is 11.1. The Bertz CT molecular complexity index is 1010. The van der Waals surface area contributed by atoms with Crippen LogP contribution in [0.4, 0.5) is 5.69 Å². The zero-order valence-corrected chi connectivity index (χ0v) is 17.3. The van der Waals surface area contributed by atoms with Gasteiger partial charge in [-0.3, -0.25) is 19.6 Å². The minimum Gasteiger partial charge on any atom is -0.391 e. The van der Waals surface area contributed by atoms with Crippen LogP contribution in [-0.2, 0) is 9.59 Å². The van der Waals surface area contributed by atoms with E-state index in [9.17, 15) is 19.5 Å². The van der Waals surface area contributed by atoms with E-state index >= 15 is 0 Å². The van der Waals surface area contributed by atoms with Gasteiger partial charge in [0.25, 0.3) is 11.8 Å². The summed E-state index contributed by atoms with van der Waals surface area (Å²) >= 11 is 0. The Kier molecular flexibility index (Phi) is 10.7. The van der Waals surface area contributed by atoms with E-state index in [2.05, 4.69) is 22.5 Å². The van der Waals surface area contributed by atoms with Crippen LogP contribution in [0.1, 0.15) is 35.8 Å². The molecule has 3 amide bonds. The summed E-state index contributed by atoms with van der Waals surface area (Å²) in [4.78, 5) is 35.5. The number of nitrogens with two attached hydrogens (primary N) is 2. The van der Waals surface area contributed by atoms with Gasteiger partial charge in [0, 0.05) is 28.9 Å². The highest BCUT2D eigenvalue weighted by atomic mass is 16.5. The Morgan fingerprint density at radius 1 is 0.970 bits per heavy atom. The van der Waals surface area contributed by atoms with Gasteiger partial charge in [-0.1, -0.05) is 19.3 Å². The monoisotopic (exact) mass is 455 g/mol. The van der Waals surface area contributed by atoms with Crippen LogP contribution in [0.15, 0.2) is 48.5 Å². The first-order chi connectivity index (χ1) is 15.2. The highest BCUT2D eigenvalue weighted by Gasteiger charge is 2.25. The molecule has 2 aromatic carbocycles. The molecule has 0 bridgehead atoms. The average Bonchev–Trinajstić information content (AvgIpc) is 2.80. The molecule has 10 nitrogen and oxygen atoms in total. The summed E-state index contributed by atoms with van der Waals surface area (Å²) in [6.07, 6.45) is -1.20. The Balaban J connectivity index is 0.00000544. The van der Waals surface area contributed by atoms with E-state index in [1.807, 2.05) is 0 Å². The lowest BCUT2D eigenvalue weighted by Crippen LogP contribution is -2.51. The summed E-state index contributed by atoms with van der Waals surface area (Å²) in [5.74, 6) is 4.04. The Hall–Kier alpha value is -3.75. The fourth-order valence-electron chi connectivity index (χ4n) is 2.53. The molecule has 0 aromatic heterocycles. The third kappa shape index (κ3) is 8.03. The molecule has 9 N–H and O–H groups in total. The number of anilines is 1. The number of hydrogen-bond acceptors (Lipinski definition) is 7. The van der Waals surface area contributed by atoms with Crippen molar-refractivity contribution in [2.45, 2.75) is 32.5 Å². The van der Waals surface area contributed by atoms with Gasteiger partial charge < -0.3 is 27.2 Å². The zero-order chi connectivity index (χ0) is 23.7. The van der Waals surface area contributed by atoms with Crippen LogP contribution >= 0.6 is 0 Å². The van der Waals surface area contributed by atoms with Gasteiger partial charge in [-0.15, -0.1) is 0 Å². The van der Waals surface area contributed by atoms with Crippen LogP contribution < -0.4 is 27.6 Å². The van der Waals surface area contributed by atoms with Gasteiger partial charge in [-0.2, -0.15) is 0 Å². The standard InChI is InChI=1S/C22H25N5O5.CH4/c1-13(28)19(22(31)27-32)26-20(29)16-8-4-14(5-9-16)2-3-15-6-10-17(11-7-15)25-21(30)18(24)12-23;/h4-11,13,18-19,28,32H,12,23-24H2,1H3,(H,25,30)(H,26,29)(H,27,31);1H4/t13-,18+,19+;/m1./s1. The molecule has 3 atom stereocenters. The maximum absolute atomic E-state index is 12.3. The summed E-state index contributed by atoms with van der Waals surface area (Å²) in [5, 5.41) is 23.3. The van der Waals surface area contributed by atoms with E-state index in [1.54, 1.807) is 36.4 Å². The smallest absolute Gasteiger partial charge is 0.268 e. The molecule has 0 saturated heterocycles. The lowest BCUT2D eigenvalue weighted by molar-refractivity contribution is -0.133. The molecule has 33 heavy (non-hydrogen) atoms. The van der Waals surface area contributed by atoms with E-state index in [0.29, 0.717) is 16.8 Å². The topological polar surface area (TPSA) is 180 Å². The van der Waals surface area contributed by atoms with Crippen LogP contribution in [0.25, 0.3) is 0 Å². The number of nitrogens with one attached hydrogen (secondary N) is 3. The fourth-order valence-corrected chi connectivity index (χ4v) is 2.53. The van der Waals surface area contributed by atoms with Crippen LogP contribution in [0.3, 0.4) is 0 Å². The van der Waals surface area contributed by atoms with Crippen molar-refractivity contribution in [1.82, 2.24) is 10.8 Å². The quantitative estimate of drug-likeness (QED) is 0.173. The van der Waals surface area contributed by atoms with Crippen molar-refractivity contribution in [2.24, 2.45) is 11.5 Å². The van der Waals surface area contributed by atoms with Crippen molar-refractivity contribution < 1.29 is 24.7 Å². The molecule has 176 valence electrons. The molecule has 0 radical (unpaired) electrons. The molecule has 0 heterocycles. The van der Waals surface area contributed by atoms with Gasteiger partial charge in [0.15, 0.2) is 0 Å². The van der Waals surface area contributed by atoms with Gasteiger partial charge >= 0.3 is 0 Å². The highest BCUT2D eigenvalue weighted by molar-refractivity contribution is 5.97.